The highest BCUT2D eigenvalue weighted by molar-refractivity contribution is 8.93. The molecule has 98 valence electrons. The molecule has 1 N–H and O–H groups in total. The quantitative estimate of drug-likeness (QED) is 0.750. The number of aryl methyl sites for hydroxylation is 2. The van der Waals surface area contributed by atoms with Gasteiger partial charge in [0.2, 0.25) is 0 Å². The van der Waals surface area contributed by atoms with Crippen LogP contribution < -0.4 is 5.32 Å². The van der Waals surface area contributed by atoms with Crippen molar-refractivity contribution in [3.63, 3.8) is 0 Å². The summed E-state index contributed by atoms with van der Waals surface area (Å²) in [4.78, 5) is 1.28. The van der Waals surface area contributed by atoms with Gasteiger partial charge in [-0.05, 0) is 31.5 Å². The zero-order valence-corrected chi connectivity index (χ0v) is 13.5. The molecular weight excluding hydrogens is 318 g/mol. The Morgan fingerprint density at radius 1 is 1.00 bits per heavy atom. The molecule has 0 amide bonds. The number of halogens is 1. The molecule has 0 radical (unpaired) electrons. The minimum Gasteiger partial charge on any atom is -0.354 e. The van der Waals surface area contributed by atoms with Crippen molar-refractivity contribution >= 4 is 40.1 Å². The van der Waals surface area contributed by atoms with Crippen molar-refractivity contribution in [3.8, 4) is 0 Å². The zero-order chi connectivity index (χ0) is 12.5. The highest BCUT2D eigenvalue weighted by Crippen LogP contribution is 2.37. The van der Waals surface area contributed by atoms with Crippen LogP contribution in [0.1, 0.15) is 16.7 Å². The number of fused-ring (bicyclic) bond motifs is 1. The molecule has 1 heterocycles. The molecule has 0 aliphatic carbocycles. The normalized spacial score (nSPS) is 12.8. The maximum absolute atomic E-state index is 3.51. The molecule has 1 nitrogen and oxygen atoms in total. The van der Waals surface area contributed by atoms with Crippen LogP contribution in [0, 0.1) is 13.8 Å². The van der Waals surface area contributed by atoms with E-state index in [1.807, 2.05) is 0 Å². The topological polar surface area (TPSA) is 12.0 Å². The van der Waals surface area contributed by atoms with E-state index in [0.29, 0.717) is 0 Å². The van der Waals surface area contributed by atoms with Crippen LogP contribution in [0.5, 0.6) is 0 Å². The second-order valence-electron chi connectivity index (χ2n) is 4.59. The fourth-order valence-corrected chi connectivity index (χ4v) is 3.05. The summed E-state index contributed by atoms with van der Waals surface area (Å²) >= 11 is 1.78. The third-order valence-electron chi connectivity index (χ3n) is 3.13. The molecule has 0 saturated carbocycles. The fraction of sp³-hybridized carbons (Fsp3) is 0.125. The van der Waals surface area contributed by atoms with Gasteiger partial charge in [-0.2, -0.15) is 0 Å². The van der Waals surface area contributed by atoms with Crippen LogP contribution in [0.3, 0.4) is 0 Å². The Morgan fingerprint density at radius 2 is 1.79 bits per heavy atom. The van der Waals surface area contributed by atoms with Crippen LogP contribution in [-0.4, -0.2) is 0 Å². The fourth-order valence-electron chi connectivity index (χ4n) is 2.22. The van der Waals surface area contributed by atoms with Gasteiger partial charge in [-0.15, -0.1) is 17.0 Å². The predicted molar refractivity (Wildman–Crippen MR) is 90.1 cm³/mol. The lowest BCUT2D eigenvalue weighted by Crippen LogP contribution is -2.04. The van der Waals surface area contributed by atoms with Gasteiger partial charge in [0.25, 0.3) is 0 Å². The summed E-state index contributed by atoms with van der Waals surface area (Å²) in [7, 11) is 0. The van der Waals surface area contributed by atoms with E-state index in [4.69, 9.17) is 0 Å². The third-order valence-corrected chi connectivity index (χ3v) is 4.10. The molecule has 19 heavy (non-hydrogen) atoms. The average molecular weight is 334 g/mol. The Kier molecular flexibility index (Phi) is 4.38. The number of hydrogen-bond acceptors (Lipinski definition) is 2. The molecule has 0 saturated heterocycles. The van der Waals surface area contributed by atoms with Crippen molar-refractivity contribution in [2.75, 3.05) is 5.32 Å². The first-order valence-corrected chi connectivity index (χ1v) is 6.92. The summed E-state index contributed by atoms with van der Waals surface area (Å²) in [6, 6.07) is 15.0. The largest absolute Gasteiger partial charge is 0.354 e. The van der Waals surface area contributed by atoms with Crippen LogP contribution in [0.25, 0.3) is 5.70 Å². The van der Waals surface area contributed by atoms with Gasteiger partial charge in [0.05, 0.1) is 11.4 Å². The Balaban J connectivity index is 0.00000133. The van der Waals surface area contributed by atoms with E-state index in [0.717, 1.165) is 0 Å². The Bertz CT molecular complexity index is 634. The van der Waals surface area contributed by atoms with Gasteiger partial charge >= 0.3 is 0 Å². The van der Waals surface area contributed by atoms with Crippen molar-refractivity contribution in [2.45, 2.75) is 18.7 Å². The lowest BCUT2D eigenvalue weighted by atomic mass is 10.0. The lowest BCUT2D eigenvalue weighted by molar-refractivity contribution is 1.33. The highest BCUT2D eigenvalue weighted by atomic mass is 79.9. The highest BCUT2D eigenvalue weighted by Gasteiger charge is 2.12. The molecular formula is C16H16BrNS. The number of anilines is 1. The number of para-hydroxylation sites is 1. The van der Waals surface area contributed by atoms with E-state index in [2.05, 4.69) is 67.0 Å². The number of hydrogen-bond donors (Lipinski definition) is 1. The van der Waals surface area contributed by atoms with Crippen molar-refractivity contribution in [3.05, 3.63) is 64.6 Å². The number of thioether (sulfide) groups is 1. The first kappa shape index (κ1) is 14.2. The summed E-state index contributed by atoms with van der Waals surface area (Å²) in [5.41, 5.74) is 6.29. The Labute approximate surface area is 128 Å². The molecule has 2 aromatic rings. The van der Waals surface area contributed by atoms with E-state index < -0.39 is 0 Å². The minimum atomic E-state index is 0. The number of benzene rings is 2. The third kappa shape index (κ3) is 2.88. The maximum atomic E-state index is 3.51. The number of rotatable bonds is 1. The SMILES string of the molecule is Br.Cc1ccc(C2=CSc3ccccc3N2)c(C)c1. The van der Waals surface area contributed by atoms with E-state index >= 15 is 0 Å². The maximum Gasteiger partial charge on any atom is 0.0528 e. The molecule has 1 aliphatic rings. The van der Waals surface area contributed by atoms with Gasteiger partial charge in [0.1, 0.15) is 0 Å². The molecule has 3 rings (SSSR count). The molecule has 2 aromatic carbocycles. The van der Waals surface area contributed by atoms with Crippen molar-refractivity contribution in [1.29, 1.82) is 0 Å². The minimum absolute atomic E-state index is 0. The summed E-state index contributed by atoms with van der Waals surface area (Å²) in [6.45, 7) is 4.29. The van der Waals surface area contributed by atoms with E-state index in [-0.39, 0.29) is 17.0 Å². The van der Waals surface area contributed by atoms with Gasteiger partial charge in [-0.25, -0.2) is 0 Å². The van der Waals surface area contributed by atoms with Crippen molar-refractivity contribution in [2.24, 2.45) is 0 Å². The zero-order valence-electron chi connectivity index (χ0n) is 10.9. The monoisotopic (exact) mass is 333 g/mol. The molecule has 0 spiro atoms. The van der Waals surface area contributed by atoms with Crippen LogP contribution in [0.4, 0.5) is 5.69 Å². The van der Waals surface area contributed by atoms with E-state index in [1.165, 1.54) is 33.0 Å². The summed E-state index contributed by atoms with van der Waals surface area (Å²) < 4.78 is 0. The van der Waals surface area contributed by atoms with Crippen LogP contribution >= 0.6 is 28.7 Å². The molecule has 0 bridgehead atoms. The van der Waals surface area contributed by atoms with E-state index in [9.17, 15) is 0 Å². The van der Waals surface area contributed by atoms with Crippen LogP contribution in [0.15, 0.2) is 52.8 Å². The number of nitrogens with one attached hydrogen (secondary N) is 1. The van der Waals surface area contributed by atoms with Gasteiger partial charge in [-0.1, -0.05) is 47.7 Å². The standard InChI is InChI=1S/C16H15NS.BrH/c1-11-7-8-13(12(2)9-11)15-10-18-16-6-4-3-5-14(16)17-15;/h3-10,17H,1-2H3;1H. The van der Waals surface area contributed by atoms with Gasteiger partial charge in [-0.3, -0.25) is 0 Å². The molecule has 0 fully saturated rings. The molecule has 0 atom stereocenters. The van der Waals surface area contributed by atoms with Crippen molar-refractivity contribution < 1.29 is 0 Å². The first-order valence-electron chi connectivity index (χ1n) is 6.04. The van der Waals surface area contributed by atoms with Crippen LogP contribution in [-0.2, 0) is 0 Å². The Hall–Kier alpha value is -1.19. The van der Waals surface area contributed by atoms with Gasteiger partial charge in [0, 0.05) is 15.9 Å². The molecule has 0 aromatic heterocycles. The molecule has 1 aliphatic heterocycles. The summed E-state index contributed by atoms with van der Waals surface area (Å²) in [6.07, 6.45) is 0. The Morgan fingerprint density at radius 3 is 2.58 bits per heavy atom. The summed E-state index contributed by atoms with van der Waals surface area (Å²) in [5, 5.41) is 5.71. The lowest BCUT2D eigenvalue weighted by Gasteiger charge is -2.20. The average Bonchev–Trinajstić information content (AvgIpc) is 2.38. The second-order valence-corrected chi connectivity index (χ2v) is 5.50. The molecule has 0 unspecified atom stereocenters. The van der Waals surface area contributed by atoms with Gasteiger partial charge in [0.15, 0.2) is 0 Å². The summed E-state index contributed by atoms with van der Waals surface area (Å²) in [5.74, 6) is 0. The van der Waals surface area contributed by atoms with Gasteiger partial charge < -0.3 is 5.32 Å². The second kappa shape index (κ2) is 5.85. The molecule has 3 heteroatoms. The smallest absolute Gasteiger partial charge is 0.0528 e. The first-order chi connectivity index (χ1) is 8.74. The van der Waals surface area contributed by atoms with E-state index in [1.54, 1.807) is 11.8 Å². The van der Waals surface area contributed by atoms with Crippen molar-refractivity contribution in [1.82, 2.24) is 0 Å². The predicted octanol–water partition coefficient (Wildman–Crippen LogP) is 5.40. The van der Waals surface area contributed by atoms with Crippen LogP contribution in [0.2, 0.25) is 0 Å².